The van der Waals surface area contributed by atoms with Crippen molar-refractivity contribution in [2.24, 2.45) is 0 Å². The molecule has 0 atom stereocenters. The van der Waals surface area contributed by atoms with E-state index in [0.717, 1.165) is 12.5 Å². The Kier molecular flexibility index (Phi) is 7.32. The SMILES string of the molecule is CCCC(=O)Nc1cccc(N/C(=C/C(=O)OC)C(=O)OC)c1. The van der Waals surface area contributed by atoms with Crippen LogP contribution in [-0.2, 0) is 23.9 Å². The van der Waals surface area contributed by atoms with Crippen molar-refractivity contribution >= 4 is 29.2 Å². The maximum absolute atomic E-state index is 11.7. The van der Waals surface area contributed by atoms with Crippen LogP contribution in [0.1, 0.15) is 19.8 Å². The average Bonchev–Trinajstić information content (AvgIpc) is 2.53. The van der Waals surface area contributed by atoms with Crippen molar-refractivity contribution in [2.45, 2.75) is 19.8 Å². The molecule has 0 aliphatic heterocycles. The zero-order valence-corrected chi connectivity index (χ0v) is 13.3. The van der Waals surface area contributed by atoms with Gasteiger partial charge in [-0.3, -0.25) is 4.79 Å². The Morgan fingerprint density at radius 2 is 1.74 bits per heavy atom. The molecule has 0 saturated carbocycles. The number of anilines is 2. The highest BCUT2D eigenvalue weighted by Gasteiger charge is 2.13. The second kappa shape index (κ2) is 9.24. The molecule has 0 heterocycles. The third-order valence-corrected chi connectivity index (χ3v) is 2.77. The summed E-state index contributed by atoms with van der Waals surface area (Å²) >= 11 is 0. The smallest absolute Gasteiger partial charge is 0.354 e. The van der Waals surface area contributed by atoms with Gasteiger partial charge in [-0.1, -0.05) is 13.0 Å². The summed E-state index contributed by atoms with van der Waals surface area (Å²) in [5.74, 6) is -1.50. The van der Waals surface area contributed by atoms with Crippen molar-refractivity contribution in [3.8, 4) is 0 Å². The number of methoxy groups -OCH3 is 2. The molecule has 0 fully saturated rings. The van der Waals surface area contributed by atoms with Crippen LogP contribution in [0.25, 0.3) is 0 Å². The lowest BCUT2D eigenvalue weighted by molar-refractivity contribution is -0.138. The van der Waals surface area contributed by atoms with E-state index < -0.39 is 11.9 Å². The van der Waals surface area contributed by atoms with E-state index in [0.29, 0.717) is 17.8 Å². The number of hydrogen-bond acceptors (Lipinski definition) is 6. The summed E-state index contributed by atoms with van der Waals surface area (Å²) in [6.07, 6.45) is 2.17. The molecule has 0 unspecified atom stereocenters. The number of carbonyl (C=O) groups excluding carboxylic acids is 3. The first-order valence-electron chi connectivity index (χ1n) is 7.05. The number of hydrogen-bond donors (Lipinski definition) is 2. The van der Waals surface area contributed by atoms with E-state index in [1.807, 2.05) is 6.92 Å². The largest absolute Gasteiger partial charge is 0.466 e. The molecule has 0 saturated heterocycles. The van der Waals surface area contributed by atoms with E-state index in [4.69, 9.17) is 0 Å². The van der Waals surface area contributed by atoms with Gasteiger partial charge in [0, 0.05) is 17.8 Å². The summed E-state index contributed by atoms with van der Waals surface area (Å²) in [5, 5.41) is 5.52. The molecule has 7 heteroatoms. The van der Waals surface area contributed by atoms with Crippen LogP contribution in [0.4, 0.5) is 11.4 Å². The second-order valence-electron chi connectivity index (χ2n) is 4.58. The summed E-state index contributed by atoms with van der Waals surface area (Å²) in [7, 11) is 2.41. The number of esters is 2. The van der Waals surface area contributed by atoms with Crippen LogP contribution in [0.5, 0.6) is 0 Å². The molecule has 0 aliphatic rings. The van der Waals surface area contributed by atoms with E-state index in [1.165, 1.54) is 14.2 Å². The topological polar surface area (TPSA) is 93.7 Å². The minimum absolute atomic E-state index is 0.0728. The van der Waals surface area contributed by atoms with E-state index in [2.05, 4.69) is 20.1 Å². The molecule has 0 aromatic heterocycles. The Morgan fingerprint density at radius 3 is 2.30 bits per heavy atom. The highest BCUT2D eigenvalue weighted by atomic mass is 16.5. The average molecular weight is 320 g/mol. The molecule has 1 amide bonds. The third-order valence-electron chi connectivity index (χ3n) is 2.77. The minimum Gasteiger partial charge on any atom is -0.466 e. The van der Waals surface area contributed by atoms with Gasteiger partial charge in [0.2, 0.25) is 5.91 Å². The van der Waals surface area contributed by atoms with Crippen LogP contribution in [0.2, 0.25) is 0 Å². The molecular weight excluding hydrogens is 300 g/mol. The first-order chi connectivity index (χ1) is 11.0. The predicted molar refractivity (Wildman–Crippen MR) is 85.7 cm³/mol. The van der Waals surface area contributed by atoms with E-state index >= 15 is 0 Å². The summed E-state index contributed by atoms with van der Waals surface area (Å²) in [5.41, 5.74) is 1.02. The van der Waals surface area contributed by atoms with Crippen molar-refractivity contribution in [3.63, 3.8) is 0 Å². The summed E-state index contributed by atoms with van der Waals surface area (Å²) in [6, 6.07) is 6.75. The molecule has 124 valence electrons. The molecule has 1 rings (SSSR count). The van der Waals surface area contributed by atoms with Crippen molar-refractivity contribution in [3.05, 3.63) is 36.0 Å². The summed E-state index contributed by atoms with van der Waals surface area (Å²) < 4.78 is 9.11. The highest BCUT2D eigenvalue weighted by molar-refractivity contribution is 5.99. The molecule has 1 aromatic carbocycles. The lowest BCUT2D eigenvalue weighted by Gasteiger charge is -2.11. The quantitative estimate of drug-likeness (QED) is 0.590. The van der Waals surface area contributed by atoms with Crippen LogP contribution in [0.3, 0.4) is 0 Å². The standard InChI is InChI=1S/C16H20N2O5/c1-4-6-14(19)18-12-8-5-7-11(9-12)17-13(16(21)23-3)10-15(20)22-2/h5,7-10,17H,4,6H2,1-3H3,(H,18,19)/b13-10+. The second-order valence-corrected chi connectivity index (χ2v) is 4.58. The molecule has 0 aliphatic carbocycles. The van der Waals surface area contributed by atoms with Gasteiger partial charge in [-0.2, -0.15) is 0 Å². The summed E-state index contributed by atoms with van der Waals surface area (Å²) in [6.45, 7) is 1.91. The molecule has 0 radical (unpaired) electrons. The lowest BCUT2D eigenvalue weighted by Crippen LogP contribution is -2.16. The number of carbonyl (C=O) groups is 3. The maximum Gasteiger partial charge on any atom is 0.354 e. The molecule has 1 aromatic rings. The Balaban J connectivity index is 2.92. The van der Waals surface area contributed by atoms with Gasteiger partial charge < -0.3 is 20.1 Å². The Bertz CT molecular complexity index is 610. The number of rotatable bonds is 7. The van der Waals surface area contributed by atoms with Gasteiger partial charge in [-0.15, -0.1) is 0 Å². The number of nitrogens with one attached hydrogen (secondary N) is 2. The lowest BCUT2D eigenvalue weighted by atomic mass is 10.2. The van der Waals surface area contributed by atoms with Gasteiger partial charge in [-0.25, -0.2) is 9.59 Å². The van der Waals surface area contributed by atoms with Crippen molar-refractivity contribution in [1.82, 2.24) is 0 Å². The Morgan fingerprint density at radius 1 is 1.09 bits per heavy atom. The van der Waals surface area contributed by atoms with Crippen LogP contribution in [0.15, 0.2) is 36.0 Å². The van der Waals surface area contributed by atoms with Gasteiger partial charge in [0.1, 0.15) is 5.70 Å². The molecule has 2 N–H and O–H groups in total. The minimum atomic E-state index is -0.712. The highest BCUT2D eigenvalue weighted by Crippen LogP contribution is 2.17. The van der Waals surface area contributed by atoms with Gasteiger partial charge in [0.15, 0.2) is 0 Å². The monoisotopic (exact) mass is 320 g/mol. The molecule has 0 spiro atoms. The number of benzene rings is 1. The van der Waals surface area contributed by atoms with Crippen molar-refractivity contribution in [1.29, 1.82) is 0 Å². The third kappa shape index (κ3) is 6.21. The predicted octanol–water partition coefficient (Wildman–Crippen LogP) is 2.07. The van der Waals surface area contributed by atoms with E-state index in [9.17, 15) is 14.4 Å². The van der Waals surface area contributed by atoms with Gasteiger partial charge >= 0.3 is 11.9 Å². The van der Waals surface area contributed by atoms with Crippen LogP contribution >= 0.6 is 0 Å². The fourth-order valence-electron chi connectivity index (χ4n) is 1.71. The first kappa shape index (κ1) is 18.2. The van der Waals surface area contributed by atoms with Crippen LogP contribution < -0.4 is 10.6 Å². The van der Waals surface area contributed by atoms with E-state index in [1.54, 1.807) is 24.3 Å². The van der Waals surface area contributed by atoms with Crippen LogP contribution in [0, 0.1) is 0 Å². The molecule has 7 nitrogen and oxygen atoms in total. The first-order valence-corrected chi connectivity index (χ1v) is 7.05. The zero-order valence-electron chi connectivity index (χ0n) is 13.3. The van der Waals surface area contributed by atoms with Crippen molar-refractivity contribution in [2.75, 3.05) is 24.9 Å². The van der Waals surface area contributed by atoms with E-state index in [-0.39, 0.29) is 11.6 Å². The Labute approximate surface area is 134 Å². The molecule has 23 heavy (non-hydrogen) atoms. The summed E-state index contributed by atoms with van der Waals surface area (Å²) in [4.78, 5) is 34.6. The van der Waals surface area contributed by atoms with Crippen molar-refractivity contribution < 1.29 is 23.9 Å². The normalized spacial score (nSPS) is 10.7. The number of ether oxygens (including phenoxy) is 2. The van der Waals surface area contributed by atoms with Gasteiger partial charge in [0.05, 0.1) is 20.3 Å². The number of amides is 1. The van der Waals surface area contributed by atoms with Gasteiger partial charge in [0.25, 0.3) is 0 Å². The Hall–Kier alpha value is -2.83. The molecule has 0 bridgehead atoms. The van der Waals surface area contributed by atoms with Crippen LogP contribution in [-0.4, -0.2) is 32.1 Å². The van der Waals surface area contributed by atoms with Gasteiger partial charge in [-0.05, 0) is 24.6 Å². The maximum atomic E-state index is 11.7. The fourth-order valence-corrected chi connectivity index (χ4v) is 1.71. The zero-order chi connectivity index (χ0) is 17.2. The fraction of sp³-hybridized carbons (Fsp3) is 0.312. The molecular formula is C16H20N2O5.